The van der Waals surface area contributed by atoms with Gasteiger partial charge < -0.3 is 10.1 Å². The Morgan fingerprint density at radius 2 is 2.00 bits per heavy atom. The summed E-state index contributed by atoms with van der Waals surface area (Å²) in [6, 6.07) is 0. The average molecular weight is 207 g/mol. The van der Waals surface area contributed by atoms with Crippen LogP contribution in [0.3, 0.4) is 0 Å². The van der Waals surface area contributed by atoms with E-state index in [1.54, 1.807) is 19.5 Å². The number of ether oxygens (including phenoxy) is 1. The quantitative estimate of drug-likeness (QED) is 0.804. The molecule has 0 unspecified atom stereocenters. The fraction of sp³-hybridized carbons (Fsp3) is 0.636. The zero-order chi connectivity index (χ0) is 10.5. The van der Waals surface area contributed by atoms with Crippen LogP contribution in [-0.4, -0.2) is 30.2 Å². The third kappa shape index (κ3) is 2.89. The van der Waals surface area contributed by atoms with Gasteiger partial charge in [0.15, 0.2) is 5.75 Å². The third-order valence-corrected chi connectivity index (χ3v) is 2.85. The summed E-state index contributed by atoms with van der Waals surface area (Å²) in [4.78, 5) is 8.57. The molecule has 0 saturated carbocycles. The number of nitrogens with zero attached hydrogens (tertiary/aromatic N) is 2. The van der Waals surface area contributed by atoms with Gasteiger partial charge in [-0.2, -0.15) is 0 Å². The molecule has 1 aromatic rings. The molecule has 1 aliphatic rings. The molecule has 0 atom stereocenters. The minimum absolute atomic E-state index is 0.726. The highest BCUT2D eigenvalue weighted by Gasteiger charge is 2.14. The Hall–Kier alpha value is -1.16. The van der Waals surface area contributed by atoms with Crippen LogP contribution >= 0.6 is 0 Å². The first-order chi connectivity index (χ1) is 7.38. The molecule has 0 amide bonds. The first kappa shape index (κ1) is 10.4. The molecule has 1 aliphatic heterocycles. The summed E-state index contributed by atoms with van der Waals surface area (Å²) in [5.41, 5.74) is 0. The van der Waals surface area contributed by atoms with Crippen molar-refractivity contribution in [2.24, 2.45) is 5.92 Å². The molecule has 15 heavy (non-hydrogen) atoms. The summed E-state index contributed by atoms with van der Waals surface area (Å²) in [6.07, 6.45) is 6.93. The minimum atomic E-state index is 0.726. The molecule has 0 spiro atoms. The van der Waals surface area contributed by atoms with Gasteiger partial charge in [-0.15, -0.1) is 0 Å². The summed E-state index contributed by atoms with van der Waals surface area (Å²) in [7, 11) is 1.63. The fourth-order valence-electron chi connectivity index (χ4n) is 1.90. The van der Waals surface area contributed by atoms with E-state index in [2.05, 4.69) is 15.3 Å². The van der Waals surface area contributed by atoms with E-state index in [4.69, 9.17) is 4.74 Å². The molecular formula is C11H17N3O. The molecule has 4 nitrogen and oxygen atoms in total. The van der Waals surface area contributed by atoms with E-state index in [0.717, 1.165) is 37.0 Å². The largest absolute Gasteiger partial charge is 0.494 e. The maximum atomic E-state index is 5.02. The topological polar surface area (TPSA) is 47.0 Å². The van der Waals surface area contributed by atoms with Crippen molar-refractivity contribution in [1.29, 1.82) is 0 Å². The second-order valence-corrected chi connectivity index (χ2v) is 3.94. The molecule has 1 fully saturated rings. The Balaban J connectivity index is 1.91. The number of piperidine rings is 1. The molecule has 1 aromatic heterocycles. The molecule has 0 aliphatic carbocycles. The van der Waals surface area contributed by atoms with Crippen molar-refractivity contribution >= 4 is 0 Å². The number of hydrogen-bond donors (Lipinski definition) is 1. The Bertz CT molecular complexity index is 293. The van der Waals surface area contributed by atoms with Gasteiger partial charge in [0.1, 0.15) is 5.82 Å². The van der Waals surface area contributed by atoms with Crippen LogP contribution in [0, 0.1) is 5.92 Å². The van der Waals surface area contributed by atoms with Crippen LogP contribution in [0.1, 0.15) is 18.7 Å². The van der Waals surface area contributed by atoms with Crippen LogP contribution in [0.5, 0.6) is 5.75 Å². The van der Waals surface area contributed by atoms with Gasteiger partial charge in [-0.05, 0) is 31.8 Å². The molecule has 1 N–H and O–H groups in total. The van der Waals surface area contributed by atoms with E-state index < -0.39 is 0 Å². The zero-order valence-corrected chi connectivity index (χ0v) is 9.07. The van der Waals surface area contributed by atoms with E-state index in [-0.39, 0.29) is 0 Å². The van der Waals surface area contributed by atoms with Gasteiger partial charge in [-0.3, -0.25) is 0 Å². The predicted octanol–water partition coefficient (Wildman–Crippen LogP) is 1.03. The molecule has 0 aromatic carbocycles. The summed E-state index contributed by atoms with van der Waals surface area (Å²) in [6.45, 7) is 2.25. The standard InChI is InChI=1S/C11H17N3O/c1-15-10-7-13-11(14-8-10)6-9-2-4-12-5-3-9/h7-9,12H,2-6H2,1H3. The zero-order valence-electron chi connectivity index (χ0n) is 9.07. The van der Waals surface area contributed by atoms with Crippen molar-refractivity contribution < 1.29 is 4.74 Å². The molecule has 2 rings (SSSR count). The summed E-state index contributed by atoms with van der Waals surface area (Å²) < 4.78 is 5.02. The van der Waals surface area contributed by atoms with Gasteiger partial charge in [0.05, 0.1) is 19.5 Å². The van der Waals surface area contributed by atoms with Crippen molar-refractivity contribution in [2.75, 3.05) is 20.2 Å². The lowest BCUT2D eigenvalue weighted by atomic mass is 9.94. The van der Waals surface area contributed by atoms with Gasteiger partial charge >= 0.3 is 0 Å². The van der Waals surface area contributed by atoms with Crippen LogP contribution in [0.25, 0.3) is 0 Å². The first-order valence-corrected chi connectivity index (χ1v) is 5.44. The van der Waals surface area contributed by atoms with Crippen molar-refractivity contribution in [3.8, 4) is 5.75 Å². The maximum absolute atomic E-state index is 5.02. The van der Waals surface area contributed by atoms with Crippen molar-refractivity contribution in [3.05, 3.63) is 18.2 Å². The first-order valence-electron chi connectivity index (χ1n) is 5.44. The number of rotatable bonds is 3. The lowest BCUT2D eigenvalue weighted by Crippen LogP contribution is -2.29. The molecule has 82 valence electrons. The van der Waals surface area contributed by atoms with Crippen LogP contribution in [-0.2, 0) is 6.42 Å². The second kappa shape index (κ2) is 5.07. The number of hydrogen-bond acceptors (Lipinski definition) is 4. The molecule has 4 heteroatoms. The molecule has 0 radical (unpaired) electrons. The van der Waals surface area contributed by atoms with Crippen LogP contribution in [0.15, 0.2) is 12.4 Å². The van der Waals surface area contributed by atoms with Gasteiger partial charge in [0.2, 0.25) is 0 Å². The lowest BCUT2D eigenvalue weighted by molar-refractivity contribution is 0.365. The monoisotopic (exact) mass is 207 g/mol. The van der Waals surface area contributed by atoms with E-state index in [1.165, 1.54) is 12.8 Å². The van der Waals surface area contributed by atoms with E-state index in [9.17, 15) is 0 Å². The molecule has 0 bridgehead atoms. The van der Waals surface area contributed by atoms with Crippen LogP contribution < -0.4 is 10.1 Å². The highest BCUT2D eigenvalue weighted by Crippen LogP contribution is 2.16. The third-order valence-electron chi connectivity index (χ3n) is 2.85. The Labute approximate surface area is 90.1 Å². The van der Waals surface area contributed by atoms with Crippen molar-refractivity contribution in [2.45, 2.75) is 19.3 Å². The Kier molecular flexibility index (Phi) is 3.50. The Morgan fingerprint density at radius 1 is 1.33 bits per heavy atom. The highest BCUT2D eigenvalue weighted by molar-refractivity contribution is 5.12. The van der Waals surface area contributed by atoms with E-state index >= 15 is 0 Å². The maximum Gasteiger partial charge on any atom is 0.155 e. The summed E-state index contributed by atoms with van der Waals surface area (Å²) in [5, 5.41) is 3.36. The molecule has 2 heterocycles. The van der Waals surface area contributed by atoms with E-state index in [0.29, 0.717) is 0 Å². The number of nitrogens with one attached hydrogen (secondary N) is 1. The average Bonchev–Trinajstić information content (AvgIpc) is 2.31. The van der Waals surface area contributed by atoms with Gasteiger partial charge in [0.25, 0.3) is 0 Å². The van der Waals surface area contributed by atoms with E-state index in [1.807, 2.05) is 0 Å². The molecule has 1 saturated heterocycles. The van der Waals surface area contributed by atoms with Crippen LogP contribution in [0.4, 0.5) is 0 Å². The molecular weight excluding hydrogens is 190 g/mol. The highest BCUT2D eigenvalue weighted by atomic mass is 16.5. The SMILES string of the molecule is COc1cnc(CC2CCNCC2)nc1. The van der Waals surface area contributed by atoms with Crippen LogP contribution in [0.2, 0.25) is 0 Å². The summed E-state index contributed by atoms with van der Waals surface area (Å²) in [5.74, 6) is 2.39. The van der Waals surface area contributed by atoms with Gasteiger partial charge in [-0.25, -0.2) is 9.97 Å². The smallest absolute Gasteiger partial charge is 0.155 e. The van der Waals surface area contributed by atoms with Crippen molar-refractivity contribution in [3.63, 3.8) is 0 Å². The normalized spacial score (nSPS) is 17.7. The predicted molar refractivity (Wildman–Crippen MR) is 57.9 cm³/mol. The minimum Gasteiger partial charge on any atom is -0.494 e. The van der Waals surface area contributed by atoms with Gasteiger partial charge in [0, 0.05) is 6.42 Å². The number of methoxy groups -OCH3 is 1. The Morgan fingerprint density at radius 3 is 2.60 bits per heavy atom. The number of aromatic nitrogens is 2. The second-order valence-electron chi connectivity index (χ2n) is 3.94. The van der Waals surface area contributed by atoms with Gasteiger partial charge in [-0.1, -0.05) is 0 Å². The van der Waals surface area contributed by atoms with Crippen molar-refractivity contribution in [1.82, 2.24) is 15.3 Å². The lowest BCUT2D eigenvalue weighted by Gasteiger charge is -2.21. The fourth-order valence-corrected chi connectivity index (χ4v) is 1.90. The summed E-state index contributed by atoms with van der Waals surface area (Å²) >= 11 is 0.